The Morgan fingerprint density at radius 2 is 2.41 bits per heavy atom. The van der Waals surface area contributed by atoms with Crippen LogP contribution in [-0.4, -0.2) is 48.5 Å². The lowest BCUT2D eigenvalue weighted by Gasteiger charge is -2.20. The molecule has 0 radical (unpaired) electrons. The highest BCUT2D eigenvalue weighted by Gasteiger charge is 2.18. The van der Waals surface area contributed by atoms with Crippen molar-refractivity contribution in [1.29, 1.82) is 0 Å². The number of hydrogen-bond donors (Lipinski definition) is 0. The number of aromatic nitrogens is 1. The van der Waals surface area contributed by atoms with Crippen molar-refractivity contribution in [3.8, 4) is 0 Å². The molecule has 1 unspecified atom stereocenters. The van der Waals surface area contributed by atoms with Gasteiger partial charge in [0.2, 0.25) is 0 Å². The molecule has 0 spiro atoms. The summed E-state index contributed by atoms with van der Waals surface area (Å²) in [6, 6.07) is 3.54. The fraction of sp³-hybridized carbons (Fsp3) is 0.455. The molecule has 0 aliphatic rings. The summed E-state index contributed by atoms with van der Waals surface area (Å²) in [7, 11) is 3.26. The predicted octanol–water partition coefficient (Wildman–Crippen LogP) is 2.17. The molecule has 0 saturated heterocycles. The number of amides is 1. The maximum Gasteiger partial charge on any atom is 0.273 e. The molecule has 1 rings (SSSR count). The third-order valence-corrected chi connectivity index (χ3v) is 3.03. The average Bonchev–Trinajstić information content (AvgIpc) is 2.29. The van der Waals surface area contributed by atoms with Crippen molar-refractivity contribution in [2.45, 2.75) is 5.38 Å². The molecule has 1 atom stereocenters. The van der Waals surface area contributed by atoms with Gasteiger partial charge >= 0.3 is 0 Å². The summed E-state index contributed by atoms with van der Waals surface area (Å²) in [6.45, 7) is 0.819. The smallest absolute Gasteiger partial charge is 0.273 e. The van der Waals surface area contributed by atoms with Gasteiger partial charge in [-0.25, -0.2) is 4.98 Å². The van der Waals surface area contributed by atoms with Gasteiger partial charge in [0, 0.05) is 31.4 Å². The molecule has 0 bridgehead atoms. The van der Waals surface area contributed by atoms with Crippen LogP contribution in [-0.2, 0) is 4.74 Å². The number of hydrogen-bond acceptors (Lipinski definition) is 3. The van der Waals surface area contributed by atoms with Gasteiger partial charge in [-0.3, -0.25) is 4.79 Å². The second-order valence-electron chi connectivity index (χ2n) is 3.57. The molecule has 0 fully saturated rings. The summed E-state index contributed by atoms with van der Waals surface area (Å²) >= 11 is 9.29. The Hall–Kier alpha value is -0.650. The van der Waals surface area contributed by atoms with Crippen LogP contribution in [0, 0.1) is 0 Å². The second-order valence-corrected chi connectivity index (χ2v) is 5.04. The van der Waals surface area contributed by atoms with Gasteiger partial charge in [0.25, 0.3) is 5.91 Å². The lowest BCUT2D eigenvalue weighted by atomic mass is 10.3. The fourth-order valence-corrected chi connectivity index (χ4v) is 2.10. The minimum absolute atomic E-state index is 0.167. The Morgan fingerprint density at radius 3 is 3.00 bits per heavy atom. The van der Waals surface area contributed by atoms with Crippen molar-refractivity contribution in [3.63, 3.8) is 0 Å². The highest BCUT2D eigenvalue weighted by Crippen LogP contribution is 2.15. The molecule has 0 aliphatic heterocycles. The van der Waals surface area contributed by atoms with E-state index in [1.807, 2.05) is 0 Å². The number of carbonyl (C=O) groups excluding carboxylic acids is 1. The Labute approximate surface area is 114 Å². The van der Waals surface area contributed by atoms with Crippen molar-refractivity contribution in [1.82, 2.24) is 9.88 Å². The van der Waals surface area contributed by atoms with Crippen LogP contribution in [0.25, 0.3) is 0 Å². The summed E-state index contributed by atoms with van der Waals surface area (Å²) in [5.41, 5.74) is 0.385. The van der Waals surface area contributed by atoms with E-state index in [0.29, 0.717) is 23.3 Å². The van der Waals surface area contributed by atoms with Crippen LogP contribution in [0.15, 0.2) is 22.8 Å². The number of methoxy groups -OCH3 is 1. The number of rotatable bonds is 5. The number of ether oxygens (including phenoxy) is 1. The largest absolute Gasteiger partial charge is 0.383 e. The maximum atomic E-state index is 12.0. The predicted molar refractivity (Wildman–Crippen MR) is 70.4 cm³/mol. The molecule has 0 N–H and O–H groups in total. The van der Waals surface area contributed by atoms with Gasteiger partial charge in [-0.05, 0) is 28.1 Å². The first-order valence-corrected chi connectivity index (χ1v) is 6.28. The molecular formula is C11H14BrClN2O2. The van der Waals surface area contributed by atoms with Crippen LogP contribution < -0.4 is 0 Å². The van der Waals surface area contributed by atoms with Gasteiger partial charge in [0.05, 0.1) is 12.0 Å². The van der Waals surface area contributed by atoms with E-state index in [1.54, 1.807) is 32.5 Å². The molecule has 0 saturated carbocycles. The summed E-state index contributed by atoms with van der Waals surface area (Å²) in [5, 5.41) is -0.226. The topological polar surface area (TPSA) is 42.4 Å². The molecule has 1 aromatic heterocycles. The van der Waals surface area contributed by atoms with Crippen molar-refractivity contribution in [3.05, 3.63) is 28.5 Å². The van der Waals surface area contributed by atoms with Crippen LogP contribution in [0.3, 0.4) is 0 Å². The van der Waals surface area contributed by atoms with Crippen LogP contribution in [0.2, 0.25) is 0 Å². The van der Waals surface area contributed by atoms with E-state index >= 15 is 0 Å². The maximum absolute atomic E-state index is 12.0. The monoisotopic (exact) mass is 320 g/mol. The van der Waals surface area contributed by atoms with Gasteiger partial charge in [-0.1, -0.05) is 0 Å². The van der Waals surface area contributed by atoms with Crippen molar-refractivity contribution in [2.75, 3.05) is 27.3 Å². The number of pyridine rings is 1. The SMILES string of the molecule is COCC(Cl)CN(C)C(=O)c1ncccc1Br. The van der Waals surface area contributed by atoms with Gasteiger partial charge in [-0.15, -0.1) is 11.6 Å². The highest BCUT2D eigenvalue weighted by molar-refractivity contribution is 9.10. The Kier molecular flexibility index (Phi) is 5.88. The molecule has 0 aliphatic carbocycles. The number of alkyl halides is 1. The Morgan fingerprint density at radius 1 is 1.71 bits per heavy atom. The molecule has 6 heteroatoms. The summed E-state index contributed by atoms with van der Waals surface area (Å²) in [5.74, 6) is -0.167. The first-order valence-electron chi connectivity index (χ1n) is 5.05. The normalized spacial score (nSPS) is 12.2. The zero-order valence-corrected chi connectivity index (χ0v) is 12.0. The quantitative estimate of drug-likeness (QED) is 0.781. The summed E-state index contributed by atoms with van der Waals surface area (Å²) in [6.07, 6.45) is 1.58. The third-order valence-electron chi connectivity index (χ3n) is 2.13. The van der Waals surface area contributed by atoms with Crippen molar-refractivity contribution in [2.24, 2.45) is 0 Å². The lowest BCUT2D eigenvalue weighted by Crippen LogP contribution is -2.34. The fourth-order valence-electron chi connectivity index (χ4n) is 1.34. The Balaban J connectivity index is 2.67. The summed E-state index contributed by atoms with van der Waals surface area (Å²) in [4.78, 5) is 17.6. The van der Waals surface area contributed by atoms with Gasteiger partial charge in [0.1, 0.15) is 5.69 Å². The van der Waals surface area contributed by atoms with E-state index in [-0.39, 0.29) is 11.3 Å². The molecule has 94 valence electrons. The highest BCUT2D eigenvalue weighted by atomic mass is 79.9. The molecule has 17 heavy (non-hydrogen) atoms. The van der Waals surface area contributed by atoms with Crippen molar-refractivity contribution < 1.29 is 9.53 Å². The molecular weight excluding hydrogens is 307 g/mol. The van der Waals surface area contributed by atoms with E-state index in [1.165, 1.54) is 4.90 Å². The van der Waals surface area contributed by atoms with Crippen LogP contribution >= 0.6 is 27.5 Å². The minimum Gasteiger partial charge on any atom is -0.383 e. The summed E-state index contributed by atoms with van der Waals surface area (Å²) < 4.78 is 5.59. The number of carbonyl (C=O) groups is 1. The lowest BCUT2D eigenvalue weighted by molar-refractivity contribution is 0.0775. The van der Waals surface area contributed by atoms with Crippen LogP contribution in [0.1, 0.15) is 10.5 Å². The van der Waals surface area contributed by atoms with Gasteiger partial charge in [-0.2, -0.15) is 0 Å². The standard InChI is InChI=1S/C11H14BrClN2O2/c1-15(6-8(13)7-17-2)11(16)10-9(12)4-3-5-14-10/h3-5,8H,6-7H2,1-2H3. The van der Waals surface area contributed by atoms with E-state index in [9.17, 15) is 4.79 Å². The zero-order chi connectivity index (χ0) is 12.8. The first-order chi connectivity index (χ1) is 8.06. The van der Waals surface area contributed by atoms with E-state index in [2.05, 4.69) is 20.9 Å². The average molecular weight is 322 g/mol. The number of halogens is 2. The molecule has 0 aromatic carbocycles. The Bertz CT molecular complexity index is 389. The zero-order valence-electron chi connectivity index (χ0n) is 9.69. The third kappa shape index (κ3) is 4.26. The van der Waals surface area contributed by atoms with Crippen LogP contribution in [0.5, 0.6) is 0 Å². The molecule has 1 aromatic rings. The molecule has 4 nitrogen and oxygen atoms in total. The second kappa shape index (κ2) is 6.93. The van der Waals surface area contributed by atoms with Gasteiger partial charge in [0.15, 0.2) is 0 Å². The number of nitrogens with zero attached hydrogens (tertiary/aromatic N) is 2. The van der Waals surface area contributed by atoms with Crippen LogP contribution in [0.4, 0.5) is 0 Å². The van der Waals surface area contributed by atoms with Crippen molar-refractivity contribution >= 4 is 33.4 Å². The van der Waals surface area contributed by atoms with Gasteiger partial charge < -0.3 is 9.64 Å². The molecule has 1 heterocycles. The van der Waals surface area contributed by atoms with E-state index in [4.69, 9.17) is 16.3 Å². The van der Waals surface area contributed by atoms with E-state index < -0.39 is 0 Å². The minimum atomic E-state index is -0.226. The first kappa shape index (κ1) is 14.4. The molecule has 1 amide bonds. The van der Waals surface area contributed by atoms with E-state index in [0.717, 1.165) is 0 Å².